The number of hydrogen-bond donors (Lipinski definition) is 2. The molecule has 0 spiro atoms. The first kappa shape index (κ1) is 16.6. The Morgan fingerprint density at radius 1 is 1.09 bits per heavy atom. The van der Waals surface area contributed by atoms with Crippen molar-refractivity contribution in [1.29, 1.82) is 0 Å². The second-order valence-corrected chi connectivity index (χ2v) is 8.00. The van der Waals surface area contributed by atoms with E-state index in [9.17, 15) is 27.9 Å². The number of benzene rings is 1. The van der Waals surface area contributed by atoms with Gasteiger partial charge in [-0.25, -0.2) is 8.78 Å². The highest BCUT2D eigenvalue weighted by Gasteiger charge is 2.47. The van der Waals surface area contributed by atoms with Gasteiger partial charge >= 0.3 is 7.60 Å². The van der Waals surface area contributed by atoms with E-state index in [2.05, 4.69) is 0 Å². The maximum atomic E-state index is 13.5. The molecule has 8 heteroatoms. The van der Waals surface area contributed by atoms with Gasteiger partial charge in [0.2, 0.25) is 5.91 Å². The Hall–Kier alpha value is -1.30. The molecule has 1 unspecified atom stereocenters. The van der Waals surface area contributed by atoms with Crippen molar-refractivity contribution in [3.63, 3.8) is 0 Å². The van der Waals surface area contributed by atoms with Crippen LogP contribution >= 0.6 is 7.60 Å². The zero-order valence-electron chi connectivity index (χ0n) is 12.4. The number of carbonyl (C=O) groups is 1. The van der Waals surface area contributed by atoms with Gasteiger partial charge in [-0.1, -0.05) is 6.07 Å². The predicted octanol–water partition coefficient (Wildman–Crippen LogP) is 2.73. The minimum atomic E-state index is -4.54. The third-order valence-electron chi connectivity index (χ3n) is 4.79. The smallest absolute Gasteiger partial charge is 0.332 e. The lowest BCUT2D eigenvalue weighted by Gasteiger charge is -2.31. The molecule has 0 aromatic heterocycles. The van der Waals surface area contributed by atoms with E-state index < -0.39 is 36.8 Å². The minimum Gasteiger partial charge on any atom is -0.332 e. The predicted molar refractivity (Wildman–Crippen MR) is 78.7 cm³/mol. The fourth-order valence-corrected chi connectivity index (χ4v) is 4.64. The van der Waals surface area contributed by atoms with Crippen molar-refractivity contribution in [3.8, 4) is 0 Å². The first-order valence-corrected chi connectivity index (χ1v) is 9.29. The molecule has 2 fully saturated rings. The minimum absolute atomic E-state index is 0.0998. The Kier molecular flexibility index (Phi) is 4.29. The molecule has 0 bridgehead atoms. The first-order chi connectivity index (χ1) is 10.8. The van der Waals surface area contributed by atoms with Crippen molar-refractivity contribution in [2.24, 2.45) is 0 Å². The lowest BCUT2D eigenvalue weighted by atomic mass is 10.0. The summed E-state index contributed by atoms with van der Waals surface area (Å²) in [6.45, 7) is 0. The molecule has 2 saturated heterocycles. The third-order valence-corrected chi connectivity index (χ3v) is 6.08. The summed E-state index contributed by atoms with van der Waals surface area (Å²) in [4.78, 5) is 33.1. The summed E-state index contributed by atoms with van der Waals surface area (Å²) >= 11 is 0. The van der Waals surface area contributed by atoms with Crippen molar-refractivity contribution >= 4 is 13.5 Å². The van der Waals surface area contributed by atoms with Crippen LogP contribution in [-0.2, 0) is 9.36 Å². The van der Waals surface area contributed by atoms with E-state index in [4.69, 9.17) is 0 Å². The first-order valence-electron chi connectivity index (χ1n) is 7.61. The van der Waals surface area contributed by atoms with Crippen LogP contribution in [-0.4, -0.2) is 32.3 Å². The third kappa shape index (κ3) is 3.05. The van der Waals surface area contributed by atoms with Gasteiger partial charge in [-0.2, -0.15) is 0 Å². The van der Waals surface area contributed by atoms with Gasteiger partial charge in [0.1, 0.15) is 5.66 Å². The van der Waals surface area contributed by atoms with Crippen LogP contribution < -0.4 is 0 Å². The average Bonchev–Trinajstić information content (AvgIpc) is 2.81. The van der Waals surface area contributed by atoms with E-state index in [-0.39, 0.29) is 12.5 Å². The van der Waals surface area contributed by atoms with Gasteiger partial charge in [-0.05, 0) is 49.8 Å². The molecule has 3 atom stereocenters. The van der Waals surface area contributed by atoms with E-state index in [0.717, 1.165) is 12.1 Å². The van der Waals surface area contributed by atoms with E-state index in [1.54, 1.807) is 0 Å². The van der Waals surface area contributed by atoms with Gasteiger partial charge in [-0.15, -0.1) is 0 Å². The summed E-state index contributed by atoms with van der Waals surface area (Å²) in [5.41, 5.74) is -0.871. The quantitative estimate of drug-likeness (QED) is 0.808. The molecule has 126 valence electrons. The standard InChI is InChI=1S/C15H18F2NO4P/c16-11-6-4-9(8-12(11)17)13-7-5-10-2-1-3-14(23(20,21)22)15(19)18(10)13/h4,6,8,10,13-14H,1-3,5,7H2,(H2,20,21,22)/t10-,13-,14?/m1/s1. The van der Waals surface area contributed by atoms with Gasteiger partial charge in [-0.3, -0.25) is 9.36 Å². The van der Waals surface area contributed by atoms with Crippen molar-refractivity contribution in [2.45, 2.75) is 49.8 Å². The second-order valence-electron chi connectivity index (χ2n) is 6.20. The van der Waals surface area contributed by atoms with Gasteiger partial charge < -0.3 is 14.7 Å². The number of rotatable bonds is 2. The summed E-state index contributed by atoms with van der Waals surface area (Å²) < 4.78 is 38.2. The summed E-state index contributed by atoms with van der Waals surface area (Å²) in [6, 6.07) is 2.94. The van der Waals surface area contributed by atoms with Crippen LogP contribution in [0.5, 0.6) is 0 Å². The molecular weight excluding hydrogens is 327 g/mol. The van der Waals surface area contributed by atoms with Crippen LogP contribution in [0.15, 0.2) is 18.2 Å². The zero-order chi connectivity index (χ0) is 16.8. The second kappa shape index (κ2) is 5.96. The Balaban J connectivity index is 1.96. The molecule has 3 rings (SSSR count). The number of amides is 1. The van der Waals surface area contributed by atoms with Crippen molar-refractivity contribution < 1.29 is 27.9 Å². The Bertz CT molecular complexity index is 677. The van der Waals surface area contributed by atoms with Crippen molar-refractivity contribution in [2.75, 3.05) is 0 Å². The van der Waals surface area contributed by atoms with Crippen molar-refractivity contribution in [3.05, 3.63) is 35.4 Å². The van der Waals surface area contributed by atoms with E-state index in [1.807, 2.05) is 0 Å². The number of halogens is 2. The molecule has 2 heterocycles. The fraction of sp³-hybridized carbons (Fsp3) is 0.533. The van der Waals surface area contributed by atoms with Gasteiger partial charge in [0.25, 0.3) is 0 Å². The average molecular weight is 345 g/mol. The highest BCUT2D eigenvalue weighted by atomic mass is 31.2. The normalized spacial score (nSPS) is 28.6. The monoisotopic (exact) mass is 345 g/mol. The summed E-state index contributed by atoms with van der Waals surface area (Å²) in [6.07, 6.45) is 2.66. The Morgan fingerprint density at radius 3 is 2.48 bits per heavy atom. The molecule has 1 aromatic carbocycles. The molecule has 2 aliphatic heterocycles. The highest BCUT2D eigenvalue weighted by molar-refractivity contribution is 7.53. The van der Waals surface area contributed by atoms with Crippen LogP contribution in [0.25, 0.3) is 0 Å². The van der Waals surface area contributed by atoms with Crippen molar-refractivity contribution in [1.82, 2.24) is 4.90 Å². The topological polar surface area (TPSA) is 77.8 Å². The summed E-state index contributed by atoms with van der Waals surface area (Å²) in [5.74, 6) is -2.52. The number of hydrogen-bond acceptors (Lipinski definition) is 2. The molecule has 2 N–H and O–H groups in total. The number of nitrogens with zero attached hydrogens (tertiary/aromatic N) is 1. The van der Waals surface area contributed by atoms with Crippen LogP contribution in [0.1, 0.15) is 43.7 Å². The van der Waals surface area contributed by atoms with E-state index in [1.165, 1.54) is 11.0 Å². The van der Waals surface area contributed by atoms with Crippen LogP contribution in [0.2, 0.25) is 0 Å². The Morgan fingerprint density at radius 2 is 1.83 bits per heavy atom. The van der Waals surface area contributed by atoms with Crippen LogP contribution in [0, 0.1) is 11.6 Å². The maximum absolute atomic E-state index is 13.5. The molecule has 1 amide bonds. The van der Waals surface area contributed by atoms with E-state index in [0.29, 0.717) is 31.2 Å². The largest absolute Gasteiger partial charge is 0.337 e. The highest BCUT2D eigenvalue weighted by Crippen LogP contribution is 2.49. The molecule has 0 saturated carbocycles. The molecule has 5 nitrogen and oxygen atoms in total. The lowest BCUT2D eigenvalue weighted by molar-refractivity contribution is -0.133. The van der Waals surface area contributed by atoms with E-state index >= 15 is 0 Å². The molecule has 0 aliphatic carbocycles. The fourth-order valence-electron chi connectivity index (χ4n) is 3.70. The van der Waals surface area contributed by atoms with Gasteiger partial charge in [0.05, 0.1) is 6.04 Å². The molecule has 1 aromatic rings. The van der Waals surface area contributed by atoms with Crippen LogP contribution in [0.3, 0.4) is 0 Å². The zero-order valence-corrected chi connectivity index (χ0v) is 13.3. The molecule has 2 aliphatic rings. The SMILES string of the molecule is O=C1C(P(=O)(O)O)CCC[C@@H]2CC[C@H](c3ccc(F)c(F)c3)N12. The van der Waals surface area contributed by atoms with Crippen LogP contribution in [0.4, 0.5) is 8.78 Å². The number of carbonyl (C=O) groups excluding carboxylic acids is 1. The van der Waals surface area contributed by atoms with Gasteiger partial charge in [0.15, 0.2) is 11.6 Å². The van der Waals surface area contributed by atoms with Gasteiger partial charge in [0, 0.05) is 6.04 Å². The number of fused-ring (bicyclic) bond motifs is 1. The summed E-state index contributed by atoms with van der Waals surface area (Å²) in [5, 5.41) is 0. The molecule has 0 radical (unpaired) electrons. The summed E-state index contributed by atoms with van der Waals surface area (Å²) in [7, 11) is -4.54. The molecular formula is C15H18F2NO4P. The maximum Gasteiger partial charge on any atom is 0.337 e. The molecule has 23 heavy (non-hydrogen) atoms. The lowest BCUT2D eigenvalue weighted by Crippen LogP contribution is -2.41. The Labute approximate surface area is 132 Å².